The summed E-state index contributed by atoms with van der Waals surface area (Å²) in [5.74, 6) is -1.31. The van der Waals surface area contributed by atoms with Crippen molar-refractivity contribution in [2.75, 3.05) is 28.3 Å². The number of sulfonamides is 1. The predicted molar refractivity (Wildman–Crippen MR) is 107 cm³/mol. The Morgan fingerprint density at radius 1 is 1.03 bits per heavy atom. The second kappa shape index (κ2) is 9.36. The van der Waals surface area contributed by atoms with E-state index < -0.39 is 28.0 Å². The van der Waals surface area contributed by atoms with Crippen molar-refractivity contribution in [3.8, 4) is 0 Å². The van der Waals surface area contributed by atoms with Crippen molar-refractivity contribution in [3.05, 3.63) is 64.7 Å². The Labute approximate surface area is 174 Å². The molecule has 0 N–H and O–H groups in total. The van der Waals surface area contributed by atoms with Crippen LogP contribution >= 0.6 is 11.6 Å². The zero-order valence-corrected chi connectivity index (χ0v) is 17.9. The summed E-state index contributed by atoms with van der Waals surface area (Å²) in [6.45, 7) is 0. The Bertz CT molecular complexity index is 995. The van der Waals surface area contributed by atoms with Gasteiger partial charge in [0.05, 0.1) is 17.7 Å². The largest absolute Gasteiger partial charge is 0.444 e. The number of carbonyl (C=O) groups is 2. The quantitative estimate of drug-likeness (QED) is 0.485. The molecule has 0 aromatic heterocycles. The molecule has 0 radical (unpaired) electrons. The van der Waals surface area contributed by atoms with E-state index in [-0.39, 0.29) is 15.5 Å². The molecule has 0 aliphatic rings. The smallest absolute Gasteiger partial charge is 0.339 e. The molecule has 2 aromatic carbocycles. The highest BCUT2D eigenvalue weighted by Crippen LogP contribution is 2.27. The monoisotopic (exact) mass is 440 g/mol. The zero-order chi connectivity index (χ0) is 21.8. The summed E-state index contributed by atoms with van der Waals surface area (Å²) in [6, 6.07) is 12.2. The van der Waals surface area contributed by atoms with Crippen LogP contribution in [0.15, 0.2) is 53.4 Å². The molecule has 0 bridgehead atoms. The van der Waals surface area contributed by atoms with Gasteiger partial charge in [0, 0.05) is 26.7 Å². The number of likely N-dealkylation sites (N-methyl/N-ethyl adjacent to an activating group) is 1. The molecule has 8 nitrogen and oxygen atoms in total. The van der Waals surface area contributed by atoms with Crippen LogP contribution in [-0.2, 0) is 24.4 Å². The fourth-order valence-electron chi connectivity index (χ4n) is 2.36. The number of hydrogen-bond donors (Lipinski definition) is 0. The first-order chi connectivity index (χ1) is 13.6. The van der Waals surface area contributed by atoms with Crippen LogP contribution in [0, 0.1) is 0 Å². The van der Waals surface area contributed by atoms with Crippen LogP contribution in [0.25, 0.3) is 0 Å². The van der Waals surface area contributed by atoms with Crippen LogP contribution in [0.1, 0.15) is 22.0 Å². The second-order valence-corrected chi connectivity index (χ2v) is 8.48. The molecule has 0 saturated heterocycles. The highest BCUT2D eigenvalue weighted by atomic mass is 35.5. The normalized spacial score (nSPS) is 12.5. The predicted octanol–water partition coefficient (Wildman–Crippen LogP) is 2.51. The lowest BCUT2D eigenvalue weighted by molar-refractivity contribution is -0.138. The van der Waals surface area contributed by atoms with Crippen molar-refractivity contribution in [2.24, 2.45) is 0 Å². The fraction of sp³-hybridized carbons (Fsp3) is 0.263. The van der Waals surface area contributed by atoms with Crippen molar-refractivity contribution in [1.29, 1.82) is 0 Å². The summed E-state index contributed by atoms with van der Waals surface area (Å²) in [7, 11) is 1.37. The van der Waals surface area contributed by atoms with Crippen LogP contribution in [0.2, 0.25) is 5.02 Å². The Hall–Kier alpha value is -2.46. The number of ether oxygens (including phenoxy) is 1. The van der Waals surface area contributed by atoms with E-state index in [4.69, 9.17) is 21.2 Å². The summed E-state index contributed by atoms with van der Waals surface area (Å²) in [6.07, 6.45) is -1.18. The molecular formula is C19H21ClN2O6S. The fourth-order valence-corrected chi connectivity index (χ4v) is 3.84. The van der Waals surface area contributed by atoms with E-state index in [2.05, 4.69) is 0 Å². The first kappa shape index (κ1) is 22.8. The summed E-state index contributed by atoms with van der Waals surface area (Å²) >= 11 is 6.01. The number of amides is 1. The van der Waals surface area contributed by atoms with Crippen molar-refractivity contribution >= 4 is 33.5 Å². The number of hydroxylamine groups is 1. The van der Waals surface area contributed by atoms with Gasteiger partial charge in [-0.25, -0.2) is 13.2 Å². The first-order valence-corrected chi connectivity index (χ1v) is 10.2. The lowest BCUT2D eigenvalue weighted by Gasteiger charge is -2.21. The SMILES string of the molecule is CON(C)S(=O)(=O)c1cc(C(=O)OC(C(=O)N(C)C)c2ccccc2)ccc1Cl. The molecule has 2 rings (SSSR count). The highest BCUT2D eigenvalue weighted by molar-refractivity contribution is 7.89. The molecule has 0 heterocycles. The Balaban J connectivity index is 2.41. The molecule has 10 heteroatoms. The second-order valence-electron chi connectivity index (χ2n) is 6.17. The molecule has 2 aromatic rings. The van der Waals surface area contributed by atoms with Crippen molar-refractivity contribution in [2.45, 2.75) is 11.0 Å². The zero-order valence-electron chi connectivity index (χ0n) is 16.3. The maximum Gasteiger partial charge on any atom is 0.339 e. The van der Waals surface area contributed by atoms with E-state index in [0.717, 1.165) is 6.07 Å². The number of carbonyl (C=O) groups excluding carboxylic acids is 2. The standard InChI is InChI=1S/C19H21ClN2O6S/c1-21(2)18(23)17(13-8-6-5-7-9-13)28-19(24)14-10-11-15(20)16(12-14)29(25,26)22(3)27-4/h5-12,17H,1-4H3. The summed E-state index contributed by atoms with van der Waals surface area (Å²) in [4.78, 5) is 30.9. The lowest BCUT2D eigenvalue weighted by atomic mass is 10.1. The average molecular weight is 441 g/mol. The Kier molecular flexibility index (Phi) is 7.37. The van der Waals surface area contributed by atoms with E-state index >= 15 is 0 Å². The van der Waals surface area contributed by atoms with Gasteiger partial charge in [-0.05, 0) is 18.2 Å². The van der Waals surface area contributed by atoms with Gasteiger partial charge in [-0.1, -0.05) is 46.4 Å². The van der Waals surface area contributed by atoms with Crippen LogP contribution in [0.5, 0.6) is 0 Å². The number of hydrogen-bond acceptors (Lipinski definition) is 6. The Morgan fingerprint density at radius 2 is 1.66 bits per heavy atom. The van der Waals surface area contributed by atoms with Gasteiger partial charge < -0.3 is 9.64 Å². The number of nitrogens with zero attached hydrogens (tertiary/aromatic N) is 2. The molecule has 0 aliphatic carbocycles. The van der Waals surface area contributed by atoms with Crippen molar-refractivity contribution in [1.82, 2.24) is 9.37 Å². The summed E-state index contributed by atoms with van der Waals surface area (Å²) in [5, 5.41) is -0.0885. The van der Waals surface area contributed by atoms with Crippen molar-refractivity contribution in [3.63, 3.8) is 0 Å². The third-order valence-corrected chi connectivity index (χ3v) is 6.19. The third kappa shape index (κ3) is 5.13. The molecule has 156 valence electrons. The molecule has 29 heavy (non-hydrogen) atoms. The maximum absolute atomic E-state index is 12.7. The van der Waals surface area contributed by atoms with E-state index in [9.17, 15) is 18.0 Å². The van der Waals surface area contributed by atoms with Gasteiger partial charge in [-0.2, -0.15) is 0 Å². The Morgan fingerprint density at radius 3 is 2.21 bits per heavy atom. The minimum atomic E-state index is -4.09. The van der Waals surface area contributed by atoms with Crippen molar-refractivity contribution < 1.29 is 27.6 Å². The molecule has 0 fully saturated rings. The number of halogens is 1. The van der Waals surface area contributed by atoms with Gasteiger partial charge in [-0.15, -0.1) is 0 Å². The molecule has 1 atom stereocenters. The molecular weight excluding hydrogens is 420 g/mol. The first-order valence-electron chi connectivity index (χ1n) is 8.39. The summed E-state index contributed by atoms with van der Waals surface area (Å²) < 4.78 is 31.1. The van der Waals surface area contributed by atoms with Crippen LogP contribution in [-0.4, -0.2) is 57.9 Å². The van der Waals surface area contributed by atoms with E-state index in [1.165, 1.54) is 31.2 Å². The molecule has 0 saturated carbocycles. The average Bonchev–Trinajstić information content (AvgIpc) is 2.71. The van der Waals surface area contributed by atoms with E-state index in [1.807, 2.05) is 0 Å². The van der Waals surface area contributed by atoms with Gasteiger partial charge in [0.15, 0.2) is 0 Å². The van der Waals surface area contributed by atoms with Gasteiger partial charge in [0.1, 0.15) is 4.90 Å². The van der Waals surface area contributed by atoms with Gasteiger partial charge in [0.25, 0.3) is 15.9 Å². The summed E-state index contributed by atoms with van der Waals surface area (Å²) in [5.41, 5.74) is 0.408. The topological polar surface area (TPSA) is 93.2 Å². The van der Waals surface area contributed by atoms with Gasteiger partial charge in [-0.3, -0.25) is 9.63 Å². The number of esters is 1. The number of rotatable bonds is 7. The molecule has 1 amide bonds. The van der Waals surface area contributed by atoms with Crippen LogP contribution in [0.3, 0.4) is 0 Å². The van der Waals surface area contributed by atoms with E-state index in [0.29, 0.717) is 10.0 Å². The number of benzene rings is 2. The molecule has 0 aliphatic heterocycles. The van der Waals surface area contributed by atoms with E-state index in [1.54, 1.807) is 44.4 Å². The lowest BCUT2D eigenvalue weighted by Crippen LogP contribution is -2.31. The van der Waals surface area contributed by atoms with Crippen LogP contribution < -0.4 is 0 Å². The minimum Gasteiger partial charge on any atom is -0.444 e. The highest BCUT2D eigenvalue weighted by Gasteiger charge is 2.29. The minimum absolute atomic E-state index is 0.0787. The molecule has 0 spiro atoms. The van der Waals surface area contributed by atoms with Gasteiger partial charge in [0.2, 0.25) is 6.10 Å². The molecule has 1 unspecified atom stereocenters. The van der Waals surface area contributed by atoms with Gasteiger partial charge >= 0.3 is 5.97 Å². The maximum atomic E-state index is 12.7. The van der Waals surface area contributed by atoms with Crippen LogP contribution in [0.4, 0.5) is 0 Å². The third-order valence-electron chi connectivity index (χ3n) is 4.03.